The zero-order valence-corrected chi connectivity index (χ0v) is 13.8. The van der Waals surface area contributed by atoms with Crippen LogP contribution in [-0.2, 0) is 0 Å². The Hall–Kier alpha value is -2.10. The van der Waals surface area contributed by atoms with Crippen LogP contribution in [0.2, 0.25) is 0 Å². The summed E-state index contributed by atoms with van der Waals surface area (Å²) in [6.07, 6.45) is 2.47. The fourth-order valence-corrected chi connectivity index (χ4v) is 2.45. The second-order valence-corrected chi connectivity index (χ2v) is 6.52. The van der Waals surface area contributed by atoms with Crippen LogP contribution in [0.1, 0.15) is 49.4 Å². The minimum absolute atomic E-state index is 0.322. The standard InChI is InChI=1S/C18H24N4/c1-11(2)19-18-21-16(14-7-8-14)10-17(22-18)20-15-9-12(3)5-6-13(15)4/h5-6,9-11,14H,7-8H2,1-4H3,(H2,19,20,21,22). The Balaban J connectivity index is 1.91. The molecular formula is C18H24N4. The van der Waals surface area contributed by atoms with E-state index in [0.717, 1.165) is 17.2 Å². The van der Waals surface area contributed by atoms with E-state index in [1.54, 1.807) is 0 Å². The number of anilines is 3. The van der Waals surface area contributed by atoms with Gasteiger partial charge >= 0.3 is 0 Å². The lowest BCUT2D eigenvalue weighted by Crippen LogP contribution is -2.14. The van der Waals surface area contributed by atoms with Crippen molar-refractivity contribution in [1.82, 2.24) is 9.97 Å². The predicted molar refractivity (Wildman–Crippen MR) is 92.0 cm³/mol. The summed E-state index contributed by atoms with van der Waals surface area (Å²) in [5.74, 6) is 2.19. The molecule has 0 amide bonds. The van der Waals surface area contributed by atoms with Gasteiger partial charge in [0, 0.05) is 23.7 Å². The molecule has 4 nitrogen and oxygen atoms in total. The molecule has 1 heterocycles. The highest BCUT2D eigenvalue weighted by atomic mass is 15.2. The maximum absolute atomic E-state index is 4.65. The number of rotatable bonds is 5. The summed E-state index contributed by atoms with van der Waals surface area (Å²) < 4.78 is 0. The van der Waals surface area contributed by atoms with E-state index in [1.807, 2.05) is 0 Å². The normalized spacial score (nSPS) is 14.2. The van der Waals surface area contributed by atoms with E-state index >= 15 is 0 Å². The molecule has 2 N–H and O–H groups in total. The quantitative estimate of drug-likeness (QED) is 0.850. The van der Waals surface area contributed by atoms with E-state index < -0.39 is 0 Å². The average Bonchev–Trinajstić information content (AvgIpc) is 3.26. The third kappa shape index (κ3) is 3.56. The lowest BCUT2D eigenvalue weighted by atomic mass is 10.1. The van der Waals surface area contributed by atoms with Crippen LogP contribution in [0.3, 0.4) is 0 Å². The van der Waals surface area contributed by atoms with E-state index in [2.05, 4.69) is 72.6 Å². The Bertz CT molecular complexity index is 675. The van der Waals surface area contributed by atoms with Crippen LogP contribution >= 0.6 is 0 Å². The van der Waals surface area contributed by atoms with Crippen LogP contribution < -0.4 is 10.6 Å². The zero-order chi connectivity index (χ0) is 15.7. The van der Waals surface area contributed by atoms with Crippen LogP contribution in [0.4, 0.5) is 17.5 Å². The largest absolute Gasteiger partial charge is 0.352 e. The van der Waals surface area contributed by atoms with Gasteiger partial charge in [0.2, 0.25) is 5.95 Å². The number of nitrogens with one attached hydrogen (secondary N) is 2. The predicted octanol–water partition coefficient (Wildman–Crippen LogP) is 4.53. The van der Waals surface area contributed by atoms with Gasteiger partial charge in [-0.3, -0.25) is 0 Å². The third-order valence-electron chi connectivity index (χ3n) is 3.82. The summed E-state index contributed by atoms with van der Waals surface area (Å²) in [6.45, 7) is 8.42. The number of benzene rings is 1. The van der Waals surface area contributed by atoms with Gasteiger partial charge < -0.3 is 10.6 Å². The topological polar surface area (TPSA) is 49.8 Å². The molecule has 0 unspecified atom stereocenters. The molecule has 4 heteroatoms. The smallest absolute Gasteiger partial charge is 0.225 e. The molecular weight excluding hydrogens is 272 g/mol. The number of nitrogens with zero attached hydrogens (tertiary/aromatic N) is 2. The maximum atomic E-state index is 4.65. The first kappa shape index (κ1) is 14.8. The first-order chi connectivity index (χ1) is 10.5. The van der Waals surface area contributed by atoms with Gasteiger partial charge in [0.25, 0.3) is 0 Å². The van der Waals surface area contributed by atoms with E-state index in [-0.39, 0.29) is 0 Å². The van der Waals surface area contributed by atoms with Crippen molar-refractivity contribution in [3.63, 3.8) is 0 Å². The second-order valence-electron chi connectivity index (χ2n) is 6.52. The van der Waals surface area contributed by atoms with Gasteiger partial charge in [0.15, 0.2) is 0 Å². The summed E-state index contributed by atoms with van der Waals surface area (Å²) >= 11 is 0. The Morgan fingerprint density at radius 3 is 2.55 bits per heavy atom. The monoisotopic (exact) mass is 296 g/mol. The molecule has 1 aromatic heterocycles. The van der Waals surface area contributed by atoms with Crippen LogP contribution in [0.15, 0.2) is 24.3 Å². The minimum Gasteiger partial charge on any atom is -0.352 e. The van der Waals surface area contributed by atoms with Crippen molar-refractivity contribution >= 4 is 17.5 Å². The molecule has 1 saturated carbocycles. The van der Waals surface area contributed by atoms with E-state index in [4.69, 9.17) is 0 Å². The Morgan fingerprint density at radius 2 is 1.86 bits per heavy atom. The maximum Gasteiger partial charge on any atom is 0.225 e. The summed E-state index contributed by atoms with van der Waals surface area (Å²) in [4.78, 5) is 9.27. The number of hydrogen-bond donors (Lipinski definition) is 2. The van der Waals surface area contributed by atoms with Gasteiger partial charge in [-0.2, -0.15) is 4.98 Å². The summed E-state index contributed by atoms with van der Waals surface area (Å²) in [5, 5.41) is 6.78. The molecule has 0 atom stereocenters. The molecule has 22 heavy (non-hydrogen) atoms. The molecule has 0 bridgehead atoms. The van der Waals surface area contributed by atoms with Crippen LogP contribution in [0, 0.1) is 13.8 Å². The van der Waals surface area contributed by atoms with Gasteiger partial charge in [-0.05, 0) is 57.7 Å². The number of aromatic nitrogens is 2. The summed E-state index contributed by atoms with van der Waals surface area (Å²) in [5.41, 5.74) is 4.71. The van der Waals surface area contributed by atoms with E-state index in [9.17, 15) is 0 Å². The second kappa shape index (κ2) is 5.95. The molecule has 0 saturated heterocycles. The Kier molecular flexibility index (Phi) is 4.01. The molecule has 116 valence electrons. The highest BCUT2D eigenvalue weighted by Crippen LogP contribution is 2.40. The van der Waals surface area contributed by atoms with Gasteiger partial charge in [0.1, 0.15) is 5.82 Å². The average molecular weight is 296 g/mol. The lowest BCUT2D eigenvalue weighted by molar-refractivity contribution is 0.864. The fourth-order valence-electron chi connectivity index (χ4n) is 2.45. The minimum atomic E-state index is 0.322. The van der Waals surface area contributed by atoms with Crippen LogP contribution in [-0.4, -0.2) is 16.0 Å². The molecule has 1 aromatic carbocycles. The molecule has 1 fully saturated rings. The Morgan fingerprint density at radius 1 is 1.09 bits per heavy atom. The highest BCUT2D eigenvalue weighted by Gasteiger charge is 2.26. The first-order valence-electron chi connectivity index (χ1n) is 8.01. The van der Waals surface area contributed by atoms with Crippen molar-refractivity contribution in [2.75, 3.05) is 10.6 Å². The van der Waals surface area contributed by atoms with Gasteiger partial charge in [-0.1, -0.05) is 12.1 Å². The fraction of sp³-hybridized carbons (Fsp3) is 0.444. The lowest BCUT2D eigenvalue weighted by Gasteiger charge is -2.14. The molecule has 0 radical (unpaired) electrons. The summed E-state index contributed by atoms with van der Waals surface area (Å²) in [6, 6.07) is 8.83. The van der Waals surface area contributed by atoms with Crippen molar-refractivity contribution in [3.8, 4) is 0 Å². The van der Waals surface area contributed by atoms with Gasteiger partial charge in [-0.25, -0.2) is 4.98 Å². The molecule has 1 aliphatic carbocycles. The number of aryl methyl sites for hydroxylation is 2. The zero-order valence-electron chi connectivity index (χ0n) is 13.8. The first-order valence-corrected chi connectivity index (χ1v) is 8.01. The highest BCUT2D eigenvalue weighted by molar-refractivity contribution is 5.62. The Labute approximate surface area is 132 Å². The van der Waals surface area contributed by atoms with Crippen molar-refractivity contribution in [1.29, 1.82) is 0 Å². The van der Waals surface area contributed by atoms with Crippen LogP contribution in [0.25, 0.3) is 0 Å². The number of hydrogen-bond acceptors (Lipinski definition) is 4. The molecule has 2 aromatic rings. The van der Waals surface area contributed by atoms with Crippen LogP contribution in [0.5, 0.6) is 0 Å². The van der Waals surface area contributed by atoms with E-state index in [0.29, 0.717) is 17.9 Å². The molecule has 3 rings (SSSR count). The third-order valence-corrected chi connectivity index (χ3v) is 3.82. The van der Waals surface area contributed by atoms with E-state index in [1.165, 1.54) is 24.0 Å². The molecule has 0 aliphatic heterocycles. The van der Waals surface area contributed by atoms with Crippen molar-refractivity contribution in [3.05, 3.63) is 41.1 Å². The van der Waals surface area contributed by atoms with Gasteiger partial charge in [-0.15, -0.1) is 0 Å². The SMILES string of the molecule is Cc1ccc(C)c(Nc2cc(C3CC3)nc(NC(C)C)n2)c1. The molecule has 0 spiro atoms. The molecule has 1 aliphatic rings. The van der Waals surface area contributed by atoms with Crippen molar-refractivity contribution < 1.29 is 0 Å². The van der Waals surface area contributed by atoms with Gasteiger partial charge in [0.05, 0.1) is 5.69 Å². The van der Waals surface area contributed by atoms with Crippen molar-refractivity contribution in [2.24, 2.45) is 0 Å². The summed E-state index contributed by atoms with van der Waals surface area (Å²) in [7, 11) is 0. The van der Waals surface area contributed by atoms with Crippen molar-refractivity contribution in [2.45, 2.75) is 52.5 Å².